The van der Waals surface area contributed by atoms with E-state index in [9.17, 15) is 19.5 Å². The quantitative estimate of drug-likeness (QED) is 0.138. The Kier molecular flexibility index (Phi) is 24.5. The summed E-state index contributed by atoms with van der Waals surface area (Å²) in [4.78, 5) is 52.4. The molecule has 3 aromatic rings. The number of aliphatic hydroxyl groups is 1. The third kappa shape index (κ3) is 21.7. The molecule has 6 saturated heterocycles. The smallest absolute Gasteiger partial charge is 0.425 e. The van der Waals surface area contributed by atoms with Gasteiger partial charge in [-0.15, -0.1) is 0 Å². The Hall–Kier alpha value is -5.06. The van der Waals surface area contributed by atoms with Crippen LogP contribution in [0.5, 0.6) is 0 Å². The predicted octanol–water partition coefficient (Wildman–Crippen LogP) is 9.40. The van der Waals surface area contributed by atoms with Crippen molar-refractivity contribution in [3.05, 3.63) is 70.2 Å². The third-order valence-electron chi connectivity index (χ3n) is 13.8. The van der Waals surface area contributed by atoms with Crippen LogP contribution in [0.25, 0.3) is 0 Å². The lowest BCUT2D eigenvalue weighted by atomic mass is 9.89. The van der Waals surface area contributed by atoms with Gasteiger partial charge in [0.25, 0.3) is 0 Å². The van der Waals surface area contributed by atoms with Crippen LogP contribution < -0.4 is 21.3 Å². The monoisotopic (exact) mass is 1110 g/mol. The first-order chi connectivity index (χ1) is 37.6. The number of carbonyl (C=O) groups excluding carboxylic acids is 3. The van der Waals surface area contributed by atoms with E-state index in [4.69, 9.17) is 53.3 Å². The van der Waals surface area contributed by atoms with E-state index < -0.39 is 35.1 Å². The Balaban J connectivity index is 0.000000189. The Labute approximate surface area is 468 Å². The number of nitrogens with two attached hydrogens (primary N) is 1. The number of ether oxygens (including phenoxy) is 9. The molecule has 0 aromatic carbocycles. The topological polar surface area (TPSA) is 246 Å². The van der Waals surface area contributed by atoms with Crippen molar-refractivity contribution in [3.8, 4) is 0 Å². The molecule has 6 aliphatic rings. The first-order valence-electron chi connectivity index (χ1n) is 28.4. The highest BCUT2D eigenvalue weighted by atomic mass is 16.6. The lowest BCUT2D eigenvalue weighted by molar-refractivity contribution is 0.0427. The number of hydrogen-bond donors (Lipinski definition) is 4. The molecule has 440 valence electrons. The van der Waals surface area contributed by atoms with E-state index in [1.165, 1.54) is 11.3 Å². The van der Waals surface area contributed by atoms with Crippen molar-refractivity contribution in [1.82, 2.24) is 20.3 Å². The molecule has 0 saturated carbocycles. The number of amides is 3. The SMILES string of the molecule is C1COCCN1.CC(C)(C)OC(=O)N(C(=O)OC(C)(C)C)c1ccc(C2CCOC2)c(CC2CCOCC2)n1.CC(C)(C)OC(=O)Nc1ccc(C2CCOC2)c(CO)n1.Nc1ccc(C2CCOC2)c(CC2CCOCC2)n1. The number of carbonyl (C=O) groups is 3. The number of imide groups is 1. The summed E-state index contributed by atoms with van der Waals surface area (Å²) in [5.74, 6) is 3.36. The second-order valence-electron chi connectivity index (χ2n) is 23.9. The van der Waals surface area contributed by atoms with Gasteiger partial charge in [-0.2, -0.15) is 4.90 Å². The first kappa shape index (κ1) is 63.1. The molecular formula is C59H91N7O13. The summed E-state index contributed by atoms with van der Waals surface area (Å²) in [6.07, 6.45) is 6.78. The fourth-order valence-corrected chi connectivity index (χ4v) is 9.89. The van der Waals surface area contributed by atoms with E-state index in [0.29, 0.717) is 48.3 Å². The minimum Gasteiger partial charge on any atom is -0.444 e. The number of nitrogens with zero attached hydrogens (tertiary/aromatic N) is 4. The lowest BCUT2D eigenvalue weighted by Crippen LogP contribution is -2.44. The average Bonchev–Trinajstić information content (AvgIpc) is 4.29. The zero-order chi connectivity index (χ0) is 57.0. The number of morpholine rings is 1. The van der Waals surface area contributed by atoms with Crippen LogP contribution in [-0.4, -0.2) is 148 Å². The number of nitrogens with one attached hydrogen (secondary N) is 2. The maximum absolute atomic E-state index is 13.1. The summed E-state index contributed by atoms with van der Waals surface area (Å²) in [5.41, 5.74) is 9.84. The highest BCUT2D eigenvalue weighted by Crippen LogP contribution is 2.34. The molecule has 0 radical (unpaired) electrons. The van der Waals surface area contributed by atoms with Crippen molar-refractivity contribution in [2.24, 2.45) is 11.8 Å². The summed E-state index contributed by atoms with van der Waals surface area (Å²) in [6.45, 7) is 27.3. The van der Waals surface area contributed by atoms with Crippen LogP contribution in [-0.2, 0) is 62.1 Å². The zero-order valence-electron chi connectivity index (χ0n) is 48.5. The van der Waals surface area contributed by atoms with Crippen molar-refractivity contribution in [3.63, 3.8) is 0 Å². The van der Waals surface area contributed by atoms with Gasteiger partial charge in [0, 0.05) is 88.5 Å². The summed E-state index contributed by atoms with van der Waals surface area (Å²) >= 11 is 0. The summed E-state index contributed by atoms with van der Waals surface area (Å²) in [7, 11) is 0. The van der Waals surface area contributed by atoms with Gasteiger partial charge >= 0.3 is 18.3 Å². The van der Waals surface area contributed by atoms with Gasteiger partial charge in [-0.1, -0.05) is 18.2 Å². The molecule has 6 aliphatic heterocycles. The summed E-state index contributed by atoms with van der Waals surface area (Å²) in [6, 6.07) is 11.3. The molecule has 3 aromatic heterocycles. The van der Waals surface area contributed by atoms with Crippen LogP contribution in [0.4, 0.5) is 31.8 Å². The van der Waals surface area contributed by atoms with E-state index in [1.807, 2.05) is 18.2 Å². The van der Waals surface area contributed by atoms with Crippen LogP contribution in [0.15, 0.2) is 36.4 Å². The number of hydrogen-bond acceptors (Lipinski definition) is 18. The second kappa shape index (κ2) is 30.7. The average molecular weight is 1110 g/mol. The number of aromatic nitrogens is 3. The van der Waals surface area contributed by atoms with E-state index in [0.717, 1.165) is 159 Å². The largest absolute Gasteiger partial charge is 0.444 e. The number of pyridine rings is 3. The molecule has 3 atom stereocenters. The van der Waals surface area contributed by atoms with E-state index in [2.05, 4.69) is 26.7 Å². The van der Waals surface area contributed by atoms with E-state index in [-0.39, 0.29) is 24.3 Å². The van der Waals surface area contributed by atoms with Gasteiger partial charge < -0.3 is 58.8 Å². The zero-order valence-corrected chi connectivity index (χ0v) is 48.5. The maximum Gasteiger partial charge on any atom is 0.425 e. The van der Waals surface area contributed by atoms with Crippen LogP contribution in [0.3, 0.4) is 0 Å². The van der Waals surface area contributed by atoms with Crippen molar-refractivity contribution in [2.45, 2.75) is 161 Å². The van der Waals surface area contributed by atoms with Crippen molar-refractivity contribution in [1.29, 1.82) is 0 Å². The molecular weight excluding hydrogens is 1010 g/mol. The Morgan fingerprint density at radius 1 is 0.557 bits per heavy atom. The first-order valence-corrected chi connectivity index (χ1v) is 28.4. The fraction of sp³-hybridized carbons (Fsp3) is 0.695. The minimum atomic E-state index is -0.807. The summed E-state index contributed by atoms with van der Waals surface area (Å²) < 4.78 is 48.6. The number of aliphatic hydroxyl groups excluding tert-OH is 1. The van der Waals surface area contributed by atoms with Gasteiger partial charge in [-0.05, 0) is 167 Å². The molecule has 20 nitrogen and oxygen atoms in total. The molecule has 0 aliphatic carbocycles. The molecule has 9 heterocycles. The number of rotatable bonds is 10. The third-order valence-corrected chi connectivity index (χ3v) is 13.8. The van der Waals surface area contributed by atoms with Crippen LogP contribution in [0, 0.1) is 11.8 Å². The normalized spacial score (nSPS) is 21.0. The molecule has 3 amide bonds. The van der Waals surface area contributed by atoms with Crippen LogP contribution >= 0.6 is 0 Å². The molecule has 5 N–H and O–H groups in total. The molecule has 20 heteroatoms. The van der Waals surface area contributed by atoms with Crippen molar-refractivity contribution in [2.75, 3.05) is 108 Å². The second-order valence-corrected chi connectivity index (χ2v) is 23.9. The molecule has 79 heavy (non-hydrogen) atoms. The Bertz CT molecular complexity index is 2320. The summed E-state index contributed by atoms with van der Waals surface area (Å²) in [5, 5.41) is 15.2. The molecule has 6 fully saturated rings. The fourth-order valence-electron chi connectivity index (χ4n) is 9.89. The highest BCUT2D eigenvalue weighted by molar-refractivity contribution is 6.08. The Morgan fingerprint density at radius 2 is 0.975 bits per heavy atom. The maximum atomic E-state index is 13.1. The number of nitrogen functional groups attached to an aromatic ring is 1. The minimum absolute atomic E-state index is 0.171. The van der Waals surface area contributed by atoms with Gasteiger partial charge in [-0.3, -0.25) is 5.32 Å². The highest BCUT2D eigenvalue weighted by Gasteiger charge is 2.35. The van der Waals surface area contributed by atoms with Crippen molar-refractivity contribution >= 4 is 35.7 Å². The van der Waals surface area contributed by atoms with Gasteiger partial charge in [0.05, 0.1) is 45.3 Å². The van der Waals surface area contributed by atoms with Crippen molar-refractivity contribution < 1.29 is 62.1 Å². The molecule has 0 spiro atoms. The molecule has 0 bridgehead atoms. The predicted molar refractivity (Wildman–Crippen MR) is 301 cm³/mol. The van der Waals surface area contributed by atoms with E-state index >= 15 is 0 Å². The van der Waals surface area contributed by atoms with Crippen LogP contribution in [0.2, 0.25) is 0 Å². The molecule has 9 rings (SSSR count). The standard InChI is InChI=1S/C25H38N2O6.C15H22N2O4.C15H22N2O2.C4H9NO/c1-24(2,3)32-22(28)27(23(29)33-25(4,5)6)21-8-7-19(18-11-14-31-16-18)20(26-21)15-17-9-12-30-13-10-17;1-15(2,3)21-14(19)17-13-5-4-11(12(8-18)16-13)10-6-7-20-9-10;16-15-2-1-13(12-5-8-19-10-12)14(17-15)9-11-3-6-18-7-4-11;1-3-6-4-2-5-1/h7-8,17-18H,9-16H2,1-6H3;4-5,10,18H,6-9H2,1-3H3,(H,16,17,19);1-2,11-12H,3-10H2,(H2,16,17);5H,1-4H2. The Morgan fingerprint density at radius 3 is 1.38 bits per heavy atom. The van der Waals surface area contributed by atoms with Gasteiger partial charge in [0.1, 0.15) is 34.3 Å². The van der Waals surface area contributed by atoms with Gasteiger partial charge in [0.15, 0.2) is 0 Å². The lowest BCUT2D eigenvalue weighted by Gasteiger charge is -2.29. The van der Waals surface area contributed by atoms with E-state index in [1.54, 1.807) is 74.4 Å². The number of anilines is 3. The van der Waals surface area contributed by atoms with Gasteiger partial charge in [0.2, 0.25) is 0 Å². The van der Waals surface area contributed by atoms with Gasteiger partial charge in [-0.25, -0.2) is 29.3 Å². The molecule has 3 unspecified atom stereocenters. The van der Waals surface area contributed by atoms with Crippen LogP contribution in [0.1, 0.15) is 159 Å².